The molecule has 10 nitrogen and oxygen atoms in total. The van der Waals surface area contributed by atoms with Gasteiger partial charge in [0.2, 0.25) is 11.6 Å². The molecule has 5 rings (SSSR count). The number of nitrogens with one attached hydrogen (secondary N) is 2. The first-order valence-corrected chi connectivity index (χ1v) is 10.6. The summed E-state index contributed by atoms with van der Waals surface area (Å²) in [5.41, 5.74) is -1.85. The largest absolute Gasteiger partial charge is 0.476 e. The van der Waals surface area contributed by atoms with E-state index in [9.17, 15) is 19.2 Å². The van der Waals surface area contributed by atoms with Crippen molar-refractivity contribution in [3.63, 3.8) is 0 Å². The fraction of sp³-hybridized carbons (Fsp3) is 0.190. The molecule has 12 heteroatoms. The number of hydrogen-bond acceptors (Lipinski definition) is 6. The van der Waals surface area contributed by atoms with Crippen LogP contribution in [0.15, 0.2) is 39.9 Å². The van der Waals surface area contributed by atoms with Crippen molar-refractivity contribution in [3.8, 4) is 17.2 Å². The van der Waals surface area contributed by atoms with E-state index in [0.717, 1.165) is 30.5 Å². The van der Waals surface area contributed by atoms with Crippen LogP contribution in [0, 0.1) is 0 Å². The van der Waals surface area contributed by atoms with E-state index in [1.807, 2.05) is 4.98 Å². The van der Waals surface area contributed by atoms with Crippen LogP contribution in [0.5, 0.6) is 11.5 Å². The number of fused-ring (bicyclic) bond motifs is 2. The van der Waals surface area contributed by atoms with Crippen molar-refractivity contribution in [2.75, 3.05) is 5.32 Å². The van der Waals surface area contributed by atoms with Crippen LogP contribution >= 0.6 is 23.2 Å². The van der Waals surface area contributed by atoms with Crippen molar-refractivity contribution in [1.82, 2.24) is 14.8 Å². The fourth-order valence-corrected chi connectivity index (χ4v) is 4.63. The van der Waals surface area contributed by atoms with Crippen LogP contribution in [0.4, 0.5) is 5.69 Å². The number of halogens is 2. The van der Waals surface area contributed by atoms with Crippen LogP contribution in [0.25, 0.3) is 5.69 Å². The van der Waals surface area contributed by atoms with Gasteiger partial charge in [-0.3, -0.25) is 14.6 Å². The molecule has 1 aromatic heterocycles. The van der Waals surface area contributed by atoms with Crippen molar-refractivity contribution in [1.29, 1.82) is 0 Å². The highest BCUT2D eigenvalue weighted by molar-refractivity contribution is 6.37. The molecule has 168 valence electrons. The van der Waals surface area contributed by atoms with Crippen LogP contribution in [0.2, 0.25) is 10.0 Å². The predicted molar refractivity (Wildman–Crippen MR) is 118 cm³/mol. The van der Waals surface area contributed by atoms with Crippen molar-refractivity contribution in [2.45, 2.75) is 24.7 Å². The summed E-state index contributed by atoms with van der Waals surface area (Å²) >= 11 is 12.7. The second-order valence-electron chi connectivity index (χ2n) is 7.76. The molecule has 1 fully saturated rings. The SMILES string of the molecule is O=C(O)c1nn(-c2cc(Cl)c(Oc3ccc4c(c3)C3(CCC3)C(=O)N4)c(Cl)c2)c(=O)[nH]c1=O. The summed E-state index contributed by atoms with van der Waals surface area (Å²) in [5.74, 6) is -1.10. The predicted octanol–water partition coefficient (Wildman–Crippen LogP) is 3.09. The molecule has 3 N–H and O–H groups in total. The van der Waals surface area contributed by atoms with Crippen LogP contribution in [0.1, 0.15) is 35.3 Å². The Labute approximate surface area is 194 Å². The quantitative estimate of drug-likeness (QED) is 0.511. The maximum Gasteiger partial charge on any atom is 0.362 e. The fourth-order valence-electron chi connectivity index (χ4n) is 4.08. The molecule has 2 heterocycles. The molecule has 2 aromatic carbocycles. The van der Waals surface area contributed by atoms with Gasteiger partial charge in [-0.05, 0) is 48.7 Å². The number of aromatic amines is 1. The highest BCUT2D eigenvalue weighted by Gasteiger charge is 2.51. The van der Waals surface area contributed by atoms with Gasteiger partial charge < -0.3 is 15.2 Å². The van der Waals surface area contributed by atoms with Gasteiger partial charge in [0.1, 0.15) is 5.75 Å². The van der Waals surface area contributed by atoms with Crippen molar-refractivity contribution in [3.05, 3.63) is 72.5 Å². The summed E-state index contributed by atoms with van der Waals surface area (Å²) in [6.45, 7) is 0. The molecule has 1 aliphatic carbocycles. The number of hydrogen-bond donors (Lipinski definition) is 3. The molecule has 1 amide bonds. The Kier molecular flexibility index (Phi) is 4.80. The molecular weight excluding hydrogens is 475 g/mol. The number of carbonyl (C=O) groups is 2. The number of carbonyl (C=O) groups excluding carboxylic acids is 1. The number of rotatable bonds is 4. The molecule has 1 aliphatic heterocycles. The smallest absolute Gasteiger partial charge is 0.362 e. The zero-order valence-electron chi connectivity index (χ0n) is 16.6. The van der Waals surface area contributed by atoms with Crippen LogP contribution in [0.3, 0.4) is 0 Å². The van der Waals surface area contributed by atoms with Crippen LogP contribution in [-0.4, -0.2) is 31.7 Å². The van der Waals surface area contributed by atoms with Gasteiger partial charge in [-0.2, -0.15) is 9.78 Å². The Morgan fingerprint density at radius 1 is 1.12 bits per heavy atom. The minimum absolute atomic E-state index is 0.0131. The number of benzene rings is 2. The highest BCUT2D eigenvalue weighted by atomic mass is 35.5. The maximum atomic E-state index is 12.4. The van der Waals surface area contributed by atoms with Gasteiger partial charge >= 0.3 is 11.7 Å². The molecule has 0 atom stereocenters. The average molecular weight is 489 g/mol. The number of aromatic nitrogens is 3. The lowest BCUT2D eigenvalue weighted by atomic mass is 9.65. The standard InChI is InChI=1S/C21H14Cl2N4O6/c22-12-6-9(27-20(32)25-17(28)15(26-27)18(29)30)7-13(23)16(12)33-10-2-3-14-11(8-10)21(4-1-5-21)19(31)24-14/h2-3,6-8H,1,4-5H2,(H,24,31)(H,29,30)(H,25,28,32). The average Bonchev–Trinajstić information content (AvgIpc) is 3.01. The first kappa shape index (κ1) is 21.2. The molecule has 2 aliphatic rings. The zero-order chi connectivity index (χ0) is 23.5. The number of ether oxygens (including phenoxy) is 1. The number of anilines is 1. The van der Waals surface area contributed by atoms with Gasteiger partial charge in [0.05, 0.1) is 21.1 Å². The lowest BCUT2D eigenvalue weighted by molar-refractivity contribution is -0.123. The van der Waals surface area contributed by atoms with Crippen LogP contribution < -0.4 is 21.3 Å². The Bertz CT molecular complexity index is 1450. The Morgan fingerprint density at radius 3 is 2.42 bits per heavy atom. The van der Waals surface area contributed by atoms with Gasteiger partial charge in [0, 0.05) is 5.69 Å². The zero-order valence-corrected chi connectivity index (χ0v) is 18.2. The summed E-state index contributed by atoms with van der Waals surface area (Å²) in [4.78, 5) is 49.2. The van der Waals surface area contributed by atoms with E-state index in [1.54, 1.807) is 18.2 Å². The summed E-state index contributed by atoms with van der Waals surface area (Å²) in [5, 5.41) is 15.6. The molecule has 0 saturated heterocycles. The van der Waals surface area contributed by atoms with Gasteiger partial charge in [0.25, 0.3) is 5.56 Å². The third-order valence-electron chi connectivity index (χ3n) is 5.87. The minimum Gasteiger partial charge on any atom is -0.476 e. The Balaban J connectivity index is 1.51. The number of amides is 1. The van der Waals surface area contributed by atoms with E-state index in [2.05, 4.69) is 10.4 Å². The van der Waals surface area contributed by atoms with E-state index in [1.165, 1.54) is 12.1 Å². The van der Waals surface area contributed by atoms with E-state index in [4.69, 9.17) is 33.0 Å². The third-order valence-corrected chi connectivity index (χ3v) is 6.44. The van der Waals surface area contributed by atoms with E-state index < -0.39 is 28.3 Å². The Hall–Kier alpha value is -3.63. The minimum atomic E-state index is -1.60. The van der Waals surface area contributed by atoms with Crippen molar-refractivity contribution < 1.29 is 19.4 Å². The van der Waals surface area contributed by atoms with E-state index >= 15 is 0 Å². The van der Waals surface area contributed by atoms with Crippen molar-refractivity contribution in [2.24, 2.45) is 0 Å². The maximum absolute atomic E-state index is 12.4. The Morgan fingerprint density at radius 2 is 1.82 bits per heavy atom. The van der Waals surface area contributed by atoms with E-state index in [-0.39, 0.29) is 27.4 Å². The van der Waals surface area contributed by atoms with Gasteiger partial charge in [-0.15, -0.1) is 0 Å². The first-order valence-electron chi connectivity index (χ1n) is 9.80. The van der Waals surface area contributed by atoms with Gasteiger partial charge in [-0.1, -0.05) is 29.6 Å². The number of carboxylic acids is 1. The summed E-state index contributed by atoms with van der Waals surface area (Å²) in [6, 6.07) is 7.80. The van der Waals surface area contributed by atoms with Crippen molar-refractivity contribution >= 4 is 40.8 Å². The molecular formula is C21H14Cl2N4O6. The molecule has 3 aromatic rings. The number of nitrogens with zero attached hydrogens (tertiary/aromatic N) is 2. The summed E-state index contributed by atoms with van der Waals surface area (Å²) in [6.07, 6.45) is 2.51. The second-order valence-corrected chi connectivity index (χ2v) is 8.58. The molecule has 1 spiro atoms. The second kappa shape index (κ2) is 7.46. The van der Waals surface area contributed by atoms with Gasteiger partial charge in [-0.25, -0.2) is 9.59 Å². The lowest BCUT2D eigenvalue weighted by Crippen LogP contribution is -2.40. The topological polar surface area (TPSA) is 143 Å². The normalized spacial score (nSPS) is 15.6. The van der Waals surface area contributed by atoms with E-state index in [0.29, 0.717) is 10.4 Å². The number of H-pyrrole nitrogens is 1. The third kappa shape index (κ3) is 3.30. The molecule has 1 saturated carbocycles. The molecule has 0 unspecified atom stereocenters. The highest BCUT2D eigenvalue weighted by Crippen LogP contribution is 2.52. The molecule has 33 heavy (non-hydrogen) atoms. The summed E-state index contributed by atoms with van der Waals surface area (Å²) < 4.78 is 6.57. The van der Waals surface area contributed by atoms with Gasteiger partial charge in [0.15, 0.2) is 5.75 Å². The lowest BCUT2D eigenvalue weighted by Gasteiger charge is -2.36. The molecule has 0 bridgehead atoms. The number of aromatic carboxylic acids is 1. The van der Waals surface area contributed by atoms with Crippen LogP contribution in [-0.2, 0) is 10.2 Å². The number of carboxylic acid groups (broad SMARTS) is 1. The monoisotopic (exact) mass is 488 g/mol. The first-order chi connectivity index (χ1) is 15.7. The molecule has 0 radical (unpaired) electrons. The summed E-state index contributed by atoms with van der Waals surface area (Å²) in [7, 11) is 0.